The Morgan fingerprint density at radius 3 is 1.85 bits per heavy atom. The Balaban J connectivity index is 1.22. The third-order valence-electron chi connectivity index (χ3n) is 11.5. The SMILES string of the molecule is c1ccc(C2(c3ccccc3)c3ccccc3-c3c(N(c4cccc(-c5ccc6ccccc6c5)c4)c4cccc5c4sc4ccccc45)cccc32)cc1. The average Bonchev–Trinajstić information content (AvgIpc) is 3.79. The van der Waals surface area contributed by atoms with E-state index in [1.165, 1.54) is 86.8 Å². The molecule has 1 aliphatic rings. The quantitative estimate of drug-likeness (QED) is 0.166. The number of hydrogen-bond donors (Lipinski definition) is 0. The van der Waals surface area contributed by atoms with Gasteiger partial charge in [-0.3, -0.25) is 0 Å². The number of rotatable bonds is 6. The maximum Gasteiger partial charge on any atom is 0.0714 e. The van der Waals surface area contributed by atoms with E-state index >= 15 is 0 Å². The summed E-state index contributed by atoms with van der Waals surface area (Å²) in [5, 5.41) is 5.07. The van der Waals surface area contributed by atoms with Gasteiger partial charge in [-0.25, -0.2) is 0 Å². The Bertz CT molecular complexity index is 3010. The Morgan fingerprint density at radius 2 is 1.02 bits per heavy atom. The van der Waals surface area contributed by atoms with Crippen LogP contribution in [-0.2, 0) is 5.41 Å². The highest BCUT2D eigenvalue weighted by molar-refractivity contribution is 7.26. The van der Waals surface area contributed by atoms with E-state index < -0.39 is 5.41 Å². The molecular weight excluding hydrogens is 683 g/mol. The molecular formula is C53H35NS. The largest absolute Gasteiger partial charge is 0.308 e. The molecule has 0 spiro atoms. The monoisotopic (exact) mass is 717 g/mol. The molecule has 9 aromatic carbocycles. The van der Waals surface area contributed by atoms with Crippen molar-refractivity contribution in [3.8, 4) is 22.3 Å². The van der Waals surface area contributed by atoms with Crippen LogP contribution in [0.4, 0.5) is 17.1 Å². The summed E-state index contributed by atoms with van der Waals surface area (Å²) in [5.41, 5.74) is 13.0. The van der Waals surface area contributed by atoms with E-state index in [0.717, 1.165) is 5.69 Å². The first-order chi connectivity index (χ1) is 27.3. The van der Waals surface area contributed by atoms with Crippen molar-refractivity contribution in [2.75, 3.05) is 4.90 Å². The molecule has 0 bridgehead atoms. The fraction of sp³-hybridized carbons (Fsp3) is 0.0189. The normalized spacial score (nSPS) is 12.9. The molecule has 1 nitrogen and oxygen atoms in total. The van der Waals surface area contributed by atoms with Crippen molar-refractivity contribution in [2.45, 2.75) is 5.41 Å². The van der Waals surface area contributed by atoms with Crippen molar-refractivity contribution in [1.29, 1.82) is 0 Å². The number of nitrogens with zero attached hydrogens (tertiary/aromatic N) is 1. The van der Waals surface area contributed by atoms with E-state index in [2.05, 4.69) is 217 Å². The zero-order valence-corrected chi connectivity index (χ0v) is 30.9. The maximum absolute atomic E-state index is 2.53. The molecule has 0 unspecified atom stereocenters. The maximum atomic E-state index is 2.53. The van der Waals surface area contributed by atoms with E-state index in [4.69, 9.17) is 0 Å². The predicted octanol–water partition coefficient (Wildman–Crippen LogP) is 14.7. The van der Waals surface area contributed by atoms with Crippen molar-refractivity contribution in [1.82, 2.24) is 0 Å². The summed E-state index contributed by atoms with van der Waals surface area (Å²) in [6, 6.07) is 78.3. The van der Waals surface area contributed by atoms with Gasteiger partial charge < -0.3 is 4.90 Å². The molecule has 0 N–H and O–H groups in total. The highest BCUT2D eigenvalue weighted by atomic mass is 32.1. The zero-order chi connectivity index (χ0) is 36.3. The second kappa shape index (κ2) is 12.7. The van der Waals surface area contributed by atoms with Crippen molar-refractivity contribution in [2.24, 2.45) is 0 Å². The van der Waals surface area contributed by atoms with Gasteiger partial charge in [-0.2, -0.15) is 0 Å². The standard InChI is InChI=1S/C53H35NS/c1-3-19-40(20-4-1)53(41-21-5-2-6-22-41)46-27-11-9-25-45(46)51-47(53)28-15-29-48(51)54(49-30-14-26-44-43-24-10-12-31-50(43)55-52(44)49)42-23-13-18-38(35-42)39-33-32-36-16-7-8-17-37(36)34-39/h1-35H. The number of benzene rings is 9. The van der Waals surface area contributed by atoms with Gasteiger partial charge in [0.25, 0.3) is 0 Å². The lowest BCUT2D eigenvalue weighted by Gasteiger charge is -2.34. The van der Waals surface area contributed by atoms with Crippen molar-refractivity contribution in [3.63, 3.8) is 0 Å². The van der Waals surface area contributed by atoms with Gasteiger partial charge in [-0.15, -0.1) is 11.3 Å². The van der Waals surface area contributed by atoms with E-state index in [1.54, 1.807) is 0 Å². The van der Waals surface area contributed by atoms with Gasteiger partial charge in [0.15, 0.2) is 0 Å². The highest BCUT2D eigenvalue weighted by Crippen LogP contribution is 2.60. The fourth-order valence-corrected chi connectivity index (χ4v) is 10.4. The zero-order valence-electron chi connectivity index (χ0n) is 30.1. The van der Waals surface area contributed by atoms with Crippen LogP contribution in [0.15, 0.2) is 212 Å². The first kappa shape index (κ1) is 31.8. The van der Waals surface area contributed by atoms with Gasteiger partial charge in [-0.1, -0.05) is 176 Å². The number of fused-ring (bicyclic) bond motifs is 7. The molecule has 11 rings (SSSR count). The van der Waals surface area contributed by atoms with E-state index in [-0.39, 0.29) is 0 Å². The molecule has 1 aliphatic carbocycles. The first-order valence-corrected chi connectivity index (χ1v) is 19.7. The summed E-state index contributed by atoms with van der Waals surface area (Å²) in [4.78, 5) is 2.53. The molecule has 0 saturated carbocycles. The molecule has 2 heteroatoms. The van der Waals surface area contributed by atoms with Crippen LogP contribution in [0.5, 0.6) is 0 Å². The summed E-state index contributed by atoms with van der Waals surface area (Å²) < 4.78 is 2.58. The van der Waals surface area contributed by atoms with Crippen LogP contribution in [0.2, 0.25) is 0 Å². The van der Waals surface area contributed by atoms with E-state index in [9.17, 15) is 0 Å². The average molecular weight is 718 g/mol. The third-order valence-corrected chi connectivity index (χ3v) is 12.7. The fourth-order valence-electron chi connectivity index (χ4n) is 9.17. The smallest absolute Gasteiger partial charge is 0.0714 e. The molecule has 0 amide bonds. The lowest BCUT2D eigenvalue weighted by atomic mass is 9.68. The van der Waals surface area contributed by atoms with Gasteiger partial charge in [0.2, 0.25) is 0 Å². The minimum Gasteiger partial charge on any atom is -0.308 e. The van der Waals surface area contributed by atoms with Gasteiger partial charge in [0.1, 0.15) is 0 Å². The summed E-state index contributed by atoms with van der Waals surface area (Å²) in [5.74, 6) is 0. The van der Waals surface area contributed by atoms with Gasteiger partial charge in [0.05, 0.1) is 21.5 Å². The lowest BCUT2D eigenvalue weighted by molar-refractivity contribution is 0.768. The molecule has 0 saturated heterocycles. The summed E-state index contributed by atoms with van der Waals surface area (Å²) in [6.07, 6.45) is 0. The number of anilines is 3. The molecule has 10 aromatic rings. The Morgan fingerprint density at radius 1 is 0.400 bits per heavy atom. The minimum absolute atomic E-state index is 0.493. The third kappa shape index (κ3) is 4.85. The molecule has 0 fully saturated rings. The van der Waals surface area contributed by atoms with Crippen LogP contribution in [0.3, 0.4) is 0 Å². The van der Waals surface area contributed by atoms with Gasteiger partial charge in [-0.05, 0) is 86.1 Å². The van der Waals surface area contributed by atoms with Crippen molar-refractivity contribution < 1.29 is 0 Å². The second-order valence-corrected chi connectivity index (χ2v) is 15.5. The molecule has 1 aromatic heterocycles. The van der Waals surface area contributed by atoms with Crippen LogP contribution in [0.1, 0.15) is 22.3 Å². The van der Waals surface area contributed by atoms with Crippen LogP contribution < -0.4 is 4.90 Å². The number of thiophene rings is 1. The van der Waals surface area contributed by atoms with Gasteiger partial charge >= 0.3 is 0 Å². The molecule has 258 valence electrons. The van der Waals surface area contributed by atoms with E-state index in [0.29, 0.717) is 0 Å². The van der Waals surface area contributed by atoms with Crippen LogP contribution in [-0.4, -0.2) is 0 Å². The van der Waals surface area contributed by atoms with Crippen LogP contribution in [0.25, 0.3) is 53.2 Å². The predicted molar refractivity (Wildman–Crippen MR) is 234 cm³/mol. The van der Waals surface area contributed by atoms with Crippen molar-refractivity contribution in [3.05, 3.63) is 235 Å². The van der Waals surface area contributed by atoms with Crippen LogP contribution in [0, 0.1) is 0 Å². The highest BCUT2D eigenvalue weighted by Gasteiger charge is 2.47. The second-order valence-electron chi connectivity index (χ2n) is 14.4. The van der Waals surface area contributed by atoms with Gasteiger partial charge in [0, 0.05) is 26.7 Å². The van der Waals surface area contributed by atoms with Crippen molar-refractivity contribution >= 4 is 59.3 Å². The Labute approximate surface area is 325 Å². The molecule has 0 atom stereocenters. The first-order valence-electron chi connectivity index (χ1n) is 18.9. The summed E-state index contributed by atoms with van der Waals surface area (Å²) >= 11 is 1.88. The van der Waals surface area contributed by atoms with Crippen LogP contribution >= 0.6 is 11.3 Å². The molecule has 1 heterocycles. The summed E-state index contributed by atoms with van der Waals surface area (Å²) in [7, 11) is 0. The molecule has 55 heavy (non-hydrogen) atoms. The lowest BCUT2D eigenvalue weighted by Crippen LogP contribution is -2.28. The summed E-state index contributed by atoms with van der Waals surface area (Å²) in [6.45, 7) is 0. The minimum atomic E-state index is -0.493. The topological polar surface area (TPSA) is 3.24 Å². The molecule has 0 aliphatic heterocycles. The van der Waals surface area contributed by atoms with E-state index in [1.807, 2.05) is 11.3 Å². The Kier molecular flexibility index (Phi) is 7.33. The Hall–Kier alpha value is -6.74. The molecule has 0 radical (unpaired) electrons. The number of hydrogen-bond acceptors (Lipinski definition) is 2.